The zero-order valence-corrected chi connectivity index (χ0v) is 10.0. The van der Waals surface area contributed by atoms with Gasteiger partial charge in [-0.05, 0) is 12.3 Å². The van der Waals surface area contributed by atoms with Crippen molar-refractivity contribution in [2.45, 2.75) is 50.2 Å². The number of halogens is 2. The molecule has 1 unspecified atom stereocenters. The summed E-state index contributed by atoms with van der Waals surface area (Å²) in [7, 11) is 0. The standard InChI is InChI=1S/C9H18BrCl/c1-4-7-9(10,11)8(5-2)6-3/h8H,4-7H2,1-3H3. The third-order valence-corrected chi connectivity index (χ3v) is 3.71. The molecule has 0 aromatic rings. The Kier molecular flexibility index (Phi) is 5.80. The van der Waals surface area contributed by atoms with Crippen LogP contribution in [0.1, 0.15) is 46.5 Å². The molecule has 1 atom stereocenters. The van der Waals surface area contributed by atoms with E-state index in [1.165, 1.54) is 0 Å². The minimum Gasteiger partial charge on any atom is -0.106 e. The summed E-state index contributed by atoms with van der Waals surface area (Å²) < 4.78 is -0.148. The van der Waals surface area contributed by atoms with Crippen LogP contribution in [0.5, 0.6) is 0 Å². The van der Waals surface area contributed by atoms with Crippen LogP contribution in [-0.4, -0.2) is 3.78 Å². The van der Waals surface area contributed by atoms with Gasteiger partial charge in [-0.1, -0.05) is 56.0 Å². The highest BCUT2D eigenvalue weighted by Crippen LogP contribution is 2.40. The molecule has 0 aliphatic heterocycles. The van der Waals surface area contributed by atoms with E-state index in [0.717, 1.165) is 25.7 Å². The van der Waals surface area contributed by atoms with Crippen LogP contribution in [0.2, 0.25) is 0 Å². The highest BCUT2D eigenvalue weighted by Gasteiger charge is 2.30. The van der Waals surface area contributed by atoms with Gasteiger partial charge in [-0.3, -0.25) is 0 Å². The zero-order valence-electron chi connectivity index (χ0n) is 7.66. The summed E-state index contributed by atoms with van der Waals surface area (Å²) in [5.74, 6) is 0.601. The van der Waals surface area contributed by atoms with Crippen molar-refractivity contribution in [1.82, 2.24) is 0 Å². The fraction of sp³-hybridized carbons (Fsp3) is 1.00. The van der Waals surface area contributed by atoms with Gasteiger partial charge in [0.2, 0.25) is 0 Å². The lowest BCUT2D eigenvalue weighted by atomic mass is 9.96. The molecule has 0 N–H and O–H groups in total. The predicted molar refractivity (Wildman–Crippen MR) is 56.5 cm³/mol. The largest absolute Gasteiger partial charge is 0.106 e. The second kappa shape index (κ2) is 5.42. The average molecular weight is 242 g/mol. The Bertz CT molecular complexity index is 97.7. The van der Waals surface area contributed by atoms with Crippen molar-refractivity contribution < 1.29 is 0 Å². The molecule has 0 radical (unpaired) electrons. The number of hydrogen-bond acceptors (Lipinski definition) is 0. The second-order valence-corrected chi connectivity index (χ2v) is 5.57. The summed E-state index contributed by atoms with van der Waals surface area (Å²) in [6.07, 6.45) is 4.52. The van der Waals surface area contributed by atoms with E-state index in [1.807, 2.05) is 0 Å². The highest BCUT2D eigenvalue weighted by atomic mass is 79.9. The average Bonchev–Trinajstić information content (AvgIpc) is 1.89. The Morgan fingerprint density at radius 1 is 1.27 bits per heavy atom. The number of rotatable bonds is 5. The van der Waals surface area contributed by atoms with Gasteiger partial charge in [0.15, 0.2) is 0 Å². The molecule has 0 aliphatic carbocycles. The molecule has 0 saturated heterocycles. The van der Waals surface area contributed by atoms with E-state index in [2.05, 4.69) is 36.7 Å². The van der Waals surface area contributed by atoms with E-state index < -0.39 is 0 Å². The smallest absolute Gasteiger partial charge is 0.102 e. The Morgan fingerprint density at radius 3 is 2.00 bits per heavy atom. The summed E-state index contributed by atoms with van der Waals surface area (Å²) in [4.78, 5) is 0. The van der Waals surface area contributed by atoms with Gasteiger partial charge in [-0.2, -0.15) is 0 Å². The first-order valence-electron chi connectivity index (χ1n) is 4.46. The van der Waals surface area contributed by atoms with Gasteiger partial charge in [-0.15, -0.1) is 11.6 Å². The van der Waals surface area contributed by atoms with Crippen molar-refractivity contribution in [3.63, 3.8) is 0 Å². The van der Waals surface area contributed by atoms with Crippen LogP contribution >= 0.6 is 27.5 Å². The van der Waals surface area contributed by atoms with Crippen molar-refractivity contribution in [1.29, 1.82) is 0 Å². The summed E-state index contributed by atoms with van der Waals surface area (Å²) in [6, 6.07) is 0. The summed E-state index contributed by atoms with van der Waals surface area (Å²) in [5.41, 5.74) is 0. The van der Waals surface area contributed by atoms with Crippen LogP contribution in [0.3, 0.4) is 0 Å². The monoisotopic (exact) mass is 240 g/mol. The second-order valence-electron chi connectivity index (χ2n) is 3.02. The Balaban J connectivity index is 4.00. The van der Waals surface area contributed by atoms with E-state index in [1.54, 1.807) is 0 Å². The minimum absolute atomic E-state index is 0.148. The van der Waals surface area contributed by atoms with Crippen LogP contribution in [0.4, 0.5) is 0 Å². The molecular formula is C9H18BrCl. The zero-order chi connectivity index (χ0) is 8.91. The van der Waals surface area contributed by atoms with Gasteiger partial charge in [-0.25, -0.2) is 0 Å². The molecule has 0 fully saturated rings. The lowest BCUT2D eigenvalue weighted by Gasteiger charge is -2.28. The molecule has 0 aromatic carbocycles. The summed E-state index contributed by atoms with van der Waals surface area (Å²) in [6.45, 7) is 6.56. The molecule has 68 valence electrons. The molecule has 0 heterocycles. The van der Waals surface area contributed by atoms with Crippen molar-refractivity contribution in [3.05, 3.63) is 0 Å². The van der Waals surface area contributed by atoms with Gasteiger partial charge in [0.1, 0.15) is 3.78 Å². The normalized spacial score (nSPS) is 16.9. The summed E-state index contributed by atoms with van der Waals surface area (Å²) in [5, 5.41) is 0. The molecule has 0 nitrogen and oxygen atoms in total. The molecule has 0 rings (SSSR count). The van der Waals surface area contributed by atoms with Gasteiger partial charge < -0.3 is 0 Å². The topological polar surface area (TPSA) is 0 Å². The maximum atomic E-state index is 6.32. The van der Waals surface area contributed by atoms with Crippen LogP contribution in [-0.2, 0) is 0 Å². The van der Waals surface area contributed by atoms with E-state index in [-0.39, 0.29) is 3.78 Å². The lowest BCUT2D eigenvalue weighted by molar-refractivity contribution is 0.425. The van der Waals surface area contributed by atoms with E-state index in [9.17, 15) is 0 Å². The predicted octanol–water partition coefficient (Wildman–Crippen LogP) is 4.55. The van der Waals surface area contributed by atoms with Gasteiger partial charge in [0, 0.05) is 0 Å². The quantitative estimate of drug-likeness (QED) is 0.619. The Hall–Kier alpha value is 0.770. The Morgan fingerprint density at radius 2 is 1.73 bits per heavy atom. The molecule has 0 aromatic heterocycles. The maximum Gasteiger partial charge on any atom is 0.102 e. The van der Waals surface area contributed by atoms with Crippen molar-refractivity contribution in [2.24, 2.45) is 5.92 Å². The van der Waals surface area contributed by atoms with Crippen molar-refractivity contribution in [2.75, 3.05) is 0 Å². The molecule has 11 heavy (non-hydrogen) atoms. The van der Waals surface area contributed by atoms with Crippen LogP contribution in [0.25, 0.3) is 0 Å². The highest BCUT2D eigenvalue weighted by molar-refractivity contribution is 9.10. The van der Waals surface area contributed by atoms with Crippen molar-refractivity contribution in [3.8, 4) is 0 Å². The number of alkyl halides is 2. The van der Waals surface area contributed by atoms with Crippen LogP contribution in [0.15, 0.2) is 0 Å². The molecule has 0 aliphatic rings. The van der Waals surface area contributed by atoms with Crippen molar-refractivity contribution >= 4 is 27.5 Å². The molecule has 0 saturated carbocycles. The first-order valence-corrected chi connectivity index (χ1v) is 5.63. The maximum absolute atomic E-state index is 6.32. The Labute approximate surface area is 83.8 Å². The van der Waals surface area contributed by atoms with E-state index in [0.29, 0.717) is 5.92 Å². The minimum atomic E-state index is -0.148. The summed E-state index contributed by atoms with van der Waals surface area (Å²) >= 11 is 9.91. The number of hydrogen-bond donors (Lipinski definition) is 0. The van der Waals surface area contributed by atoms with Crippen LogP contribution < -0.4 is 0 Å². The fourth-order valence-electron chi connectivity index (χ4n) is 1.42. The third-order valence-electron chi connectivity index (χ3n) is 2.17. The lowest BCUT2D eigenvalue weighted by Crippen LogP contribution is -2.23. The molecule has 0 spiro atoms. The third kappa shape index (κ3) is 3.80. The first kappa shape index (κ1) is 11.8. The fourth-order valence-corrected chi connectivity index (χ4v) is 2.96. The van der Waals surface area contributed by atoms with E-state index >= 15 is 0 Å². The molecule has 0 amide bonds. The first-order chi connectivity index (χ1) is 5.08. The van der Waals surface area contributed by atoms with Gasteiger partial charge in [0.25, 0.3) is 0 Å². The van der Waals surface area contributed by atoms with Gasteiger partial charge >= 0.3 is 0 Å². The van der Waals surface area contributed by atoms with Gasteiger partial charge in [0.05, 0.1) is 0 Å². The molecule has 2 heteroatoms. The van der Waals surface area contributed by atoms with E-state index in [4.69, 9.17) is 11.6 Å². The van der Waals surface area contributed by atoms with Crippen LogP contribution in [0, 0.1) is 5.92 Å². The molecular weight excluding hydrogens is 223 g/mol. The SMILES string of the molecule is CCCC(Cl)(Br)C(CC)CC. The molecule has 0 bridgehead atoms.